The minimum atomic E-state index is -0.373. The van der Waals surface area contributed by atoms with Crippen LogP contribution in [0.1, 0.15) is 30.9 Å². The van der Waals surface area contributed by atoms with E-state index in [-0.39, 0.29) is 10.8 Å². The summed E-state index contributed by atoms with van der Waals surface area (Å²) in [5.41, 5.74) is 1.54. The van der Waals surface area contributed by atoms with Crippen molar-refractivity contribution in [3.8, 4) is 0 Å². The Bertz CT molecular complexity index is 551. The maximum Gasteiger partial charge on any atom is 0.145 e. The zero-order valence-electron chi connectivity index (χ0n) is 11.0. The topological polar surface area (TPSA) is 40.7 Å². The highest BCUT2D eigenvalue weighted by Gasteiger charge is 2.09. The molecule has 1 heterocycles. The van der Waals surface area contributed by atoms with Crippen LogP contribution < -0.4 is 5.32 Å². The number of aromatic nitrogens is 2. The second-order valence-electron chi connectivity index (χ2n) is 4.78. The highest BCUT2D eigenvalue weighted by Crippen LogP contribution is 2.19. The van der Waals surface area contributed by atoms with Gasteiger partial charge in [0.05, 0.1) is 5.02 Å². The molecule has 2 rings (SSSR count). The minimum absolute atomic E-state index is 0.144. The molecule has 2 N–H and O–H groups in total. The molecule has 0 bridgehead atoms. The molecule has 102 valence electrons. The van der Waals surface area contributed by atoms with Crippen molar-refractivity contribution in [2.24, 2.45) is 0 Å². The summed E-state index contributed by atoms with van der Waals surface area (Å²) >= 11 is 5.75. The lowest BCUT2D eigenvalue weighted by atomic mass is 10.1. The molecular formula is C14H17ClFN3. The quantitative estimate of drug-likeness (QED) is 0.883. The van der Waals surface area contributed by atoms with Crippen molar-refractivity contribution in [2.45, 2.75) is 32.9 Å². The fourth-order valence-corrected chi connectivity index (χ4v) is 1.96. The minimum Gasteiger partial charge on any atom is -0.345 e. The molecule has 19 heavy (non-hydrogen) atoms. The predicted octanol–water partition coefficient (Wildman–Crippen LogP) is 3.29. The summed E-state index contributed by atoms with van der Waals surface area (Å²) in [6.07, 6.45) is 2.18. The first-order chi connectivity index (χ1) is 9.06. The van der Waals surface area contributed by atoms with Crippen LogP contribution in [0, 0.1) is 5.82 Å². The molecular weight excluding hydrogens is 265 g/mol. The first-order valence-electron chi connectivity index (χ1n) is 6.25. The van der Waals surface area contributed by atoms with Crippen LogP contribution in [-0.2, 0) is 13.0 Å². The smallest absolute Gasteiger partial charge is 0.145 e. The molecule has 0 amide bonds. The Morgan fingerprint density at radius 3 is 2.95 bits per heavy atom. The molecule has 1 aromatic heterocycles. The lowest BCUT2D eigenvalue weighted by Crippen LogP contribution is -2.21. The average Bonchev–Trinajstić information content (AvgIpc) is 2.80. The fourth-order valence-electron chi connectivity index (χ4n) is 1.76. The summed E-state index contributed by atoms with van der Waals surface area (Å²) in [7, 11) is 0. The van der Waals surface area contributed by atoms with Gasteiger partial charge in [-0.05, 0) is 11.6 Å². The van der Waals surface area contributed by atoms with Crippen LogP contribution in [0.3, 0.4) is 0 Å². The van der Waals surface area contributed by atoms with Gasteiger partial charge in [-0.1, -0.05) is 37.6 Å². The Morgan fingerprint density at radius 2 is 2.21 bits per heavy atom. The van der Waals surface area contributed by atoms with Gasteiger partial charge in [0, 0.05) is 30.9 Å². The number of hydrogen-bond donors (Lipinski definition) is 2. The summed E-state index contributed by atoms with van der Waals surface area (Å²) in [4.78, 5) is 7.44. The molecule has 0 aliphatic heterocycles. The van der Waals surface area contributed by atoms with Gasteiger partial charge in [-0.2, -0.15) is 0 Å². The standard InChI is InChI=1S/C14H17ClFN3/c1-9(2)17-7-11-8-18-13(19-11)6-10-4-3-5-12(15)14(10)16/h3-5,8-9,17H,6-7H2,1-2H3,(H,18,19). The molecule has 5 heteroatoms. The third kappa shape index (κ3) is 3.78. The molecule has 3 nitrogen and oxygen atoms in total. The summed E-state index contributed by atoms with van der Waals surface area (Å²) in [5.74, 6) is 0.365. The number of nitrogens with zero attached hydrogens (tertiary/aromatic N) is 1. The number of hydrogen-bond acceptors (Lipinski definition) is 2. The number of rotatable bonds is 5. The van der Waals surface area contributed by atoms with Crippen LogP contribution in [0.15, 0.2) is 24.4 Å². The molecule has 1 aromatic carbocycles. The summed E-state index contributed by atoms with van der Waals surface area (Å²) < 4.78 is 13.8. The largest absolute Gasteiger partial charge is 0.345 e. The van der Waals surface area contributed by atoms with E-state index < -0.39 is 0 Å². The molecule has 0 aliphatic rings. The second kappa shape index (κ2) is 6.17. The van der Waals surface area contributed by atoms with Crippen LogP contribution in [0.25, 0.3) is 0 Å². The molecule has 0 radical (unpaired) electrons. The summed E-state index contributed by atoms with van der Waals surface area (Å²) in [5, 5.41) is 3.44. The van der Waals surface area contributed by atoms with Crippen LogP contribution >= 0.6 is 11.6 Å². The van der Waals surface area contributed by atoms with E-state index >= 15 is 0 Å². The Kier molecular flexibility index (Phi) is 4.56. The molecule has 0 aliphatic carbocycles. The highest BCUT2D eigenvalue weighted by molar-refractivity contribution is 6.30. The number of H-pyrrole nitrogens is 1. The Morgan fingerprint density at radius 1 is 1.42 bits per heavy atom. The van der Waals surface area contributed by atoms with Gasteiger partial charge in [0.15, 0.2) is 0 Å². The molecule has 0 saturated carbocycles. The first kappa shape index (κ1) is 14.0. The van der Waals surface area contributed by atoms with Crippen LogP contribution in [0.2, 0.25) is 5.02 Å². The molecule has 0 spiro atoms. The monoisotopic (exact) mass is 281 g/mol. The van der Waals surface area contributed by atoms with Crippen molar-refractivity contribution in [1.82, 2.24) is 15.3 Å². The lowest BCUT2D eigenvalue weighted by molar-refractivity contribution is 0.582. The summed E-state index contributed by atoms with van der Waals surface area (Å²) in [6, 6.07) is 5.42. The van der Waals surface area contributed by atoms with Gasteiger partial charge in [0.1, 0.15) is 11.6 Å². The molecule has 2 aromatic rings. The molecule has 0 saturated heterocycles. The van der Waals surface area contributed by atoms with E-state index in [1.54, 1.807) is 24.4 Å². The van der Waals surface area contributed by atoms with Crippen LogP contribution in [0.5, 0.6) is 0 Å². The first-order valence-corrected chi connectivity index (χ1v) is 6.63. The number of halogens is 2. The average molecular weight is 282 g/mol. The van der Waals surface area contributed by atoms with Crippen molar-refractivity contribution in [3.05, 3.63) is 52.3 Å². The van der Waals surface area contributed by atoms with Crippen LogP contribution in [0.4, 0.5) is 4.39 Å². The van der Waals surface area contributed by atoms with Gasteiger partial charge < -0.3 is 10.3 Å². The van der Waals surface area contributed by atoms with E-state index in [1.807, 2.05) is 0 Å². The van der Waals surface area contributed by atoms with E-state index in [1.165, 1.54) is 0 Å². The maximum absolute atomic E-state index is 13.8. The lowest BCUT2D eigenvalue weighted by Gasteiger charge is -2.05. The van der Waals surface area contributed by atoms with Gasteiger partial charge >= 0.3 is 0 Å². The van der Waals surface area contributed by atoms with Gasteiger partial charge in [-0.3, -0.25) is 0 Å². The number of aromatic amines is 1. The second-order valence-corrected chi connectivity index (χ2v) is 5.19. The van der Waals surface area contributed by atoms with Crippen molar-refractivity contribution >= 4 is 11.6 Å². The van der Waals surface area contributed by atoms with Gasteiger partial charge in [-0.15, -0.1) is 0 Å². The maximum atomic E-state index is 13.8. The zero-order valence-corrected chi connectivity index (χ0v) is 11.8. The Labute approximate surface area is 117 Å². The Hall–Kier alpha value is -1.39. The normalized spacial score (nSPS) is 11.2. The van der Waals surface area contributed by atoms with Gasteiger partial charge in [-0.25, -0.2) is 9.37 Å². The van der Waals surface area contributed by atoms with E-state index in [9.17, 15) is 4.39 Å². The van der Waals surface area contributed by atoms with Crippen molar-refractivity contribution in [3.63, 3.8) is 0 Å². The van der Waals surface area contributed by atoms with E-state index in [0.717, 1.165) is 18.1 Å². The van der Waals surface area contributed by atoms with E-state index in [0.29, 0.717) is 18.0 Å². The van der Waals surface area contributed by atoms with Crippen molar-refractivity contribution < 1.29 is 4.39 Å². The fraction of sp³-hybridized carbons (Fsp3) is 0.357. The number of benzene rings is 1. The molecule has 0 unspecified atom stereocenters. The number of nitrogens with one attached hydrogen (secondary N) is 2. The SMILES string of the molecule is CC(C)NCc1cnc(Cc2cccc(Cl)c2F)[nH]1. The molecule has 0 fully saturated rings. The summed E-state index contributed by atoms with van der Waals surface area (Å²) in [6.45, 7) is 4.89. The van der Waals surface area contributed by atoms with E-state index in [4.69, 9.17) is 11.6 Å². The van der Waals surface area contributed by atoms with Crippen molar-refractivity contribution in [2.75, 3.05) is 0 Å². The zero-order chi connectivity index (χ0) is 13.8. The van der Waals surface area contributed by atoms with Gasteiger partial charge in [0.2, 0.25) is 0 Å². The number of imidazole rings is 1. The third-order valence-electron chi connectivity index (χ3n) is 2.77. The predicted molar refractivity (Wildman–Crippen MR) is 74.8 cm³/mol. The third-order valence-corrected chi connectivity index (χ3v) is 3.06. The Balaban J connectivity index is 2.05. The van der Waals surface area contributed by atoms with Crippen molar-refractivity contribution in [1.29, 1.82) is 0 Å². The highest BCUT2D eigenvalue weighted by atomic mass is 35.5. The molecule has 0 atom stereocenters. The van der Waals surface area contributed by atoms with E-state index in [2.05, 4.69) is 29.1 Å². The van der Waals surface area contributed by atoms with Crippen LogP contribution in [-0.4, -0.2) is 16.0 Å². The van der Waals surface area contributed by atoms with Gasteiger partial charge in [0.25, 0.3) is 0 Å².